The van der Waals surface area contributed by atoms with Crippen molar-refractivity contribution in [2.75, 3.05) is 0 Å². The fourth-order valence-electron chi connectivity index (χ4n) is 5.26. The first-order valence-electron chi connectivity index (χ1n) is 10.8. The molecule has 30 heavy (non-hydrogen) atoms. The molecule has 2 saturated heterocycles. The Balaban J connectivity index is 1.66. The fraction of sp³-hybridized carbons (Fsp3) is 0.542. The number of hydrogen-bond donors (Lipinski definition) is 0. The zero-order valence-corrected chi connectivity index (χ0v) is 18.0. The number of carbonyl (C=O) groups excluding carboxylic acids is 2. The predicted molar refractivity (Wildman–Crippen MR) is 111 cm³/mol. The molecule has 1 unspecified atom stereocenters. The monoisotopic (exact) mass is 412 g/mol. The largest absolute Gasteiger partial charge is 0.356 e. The van der Waals surface area contributed by atoms with Crippen molar-refractivity contribution in [1.82, 2.24) is 10.1 Å². The first-order chi connectivity index (χ1) is 14.2. The number of carbonyl (C=O) groups is 2. The van der Waals surface area contributed by atoms with E-state index in [4.69, 9.17) is 4.52 Å². The van der Waals surface area contributed by atoms with E-state index in [9.17, 15) is 14.0 Å². The highest BCUT2D eigenvalue weighted by atomic mass is 19.1. The maximum Gasteiger partial charge on any atom is 0.229 e. The highest BCUT2D eigenvalue weighted by Crippen LogP contribution is 2.54. The quantitative estimate of drug-likeness (QED) is 0.468. The smallest absolute Gasteiger partial charge is 0.229 e. The number of fused-ring (bicyclic) bond motifs is 1. The Morgan fingerprint density at radius 3 is 2.50 bits per heavy atom. The minimum atomic E-state index is -0.808. The third-order valence-electron chi connectivity index (χ3n) is 6.48. The van der Waals surface area contributed by atoms with E-state index in [0.717, 1.165) is 12.8 Å². The molecule has 2 fully saturated rings. The number of rotatable bonds is 7. The molecule has 5 nitrogen and oxygen atoms in total. The van der Waals surface area contributed by atoms with Gasteiger partial charge < -0.3 is 9.42 Å². The molecule has 6 heteroatoms. The molecule has 3 heterocycles. The molecule has 0 aliphatic carbocycles. The average molecular weight is 413 g/mol. The molecule has 2 aliphatic heterocycles. The topological polar surface area (TPSA) is 63.4 Å². The summed E-state index contributed by atoms with van der Waals surface area (Å²) in [6, 6.07) is 7.60. The van der Waals surface area contributed by atoms with E-state index in [1.807, 2.05) is 4.90 Å². The van der Waals surface area contributed by atoms with Gasteiger partial charge in [0.25, 0.3) is 0 Å². The lowest BCUT2D eigenvalue weighted by molar-refractivity contribution is -0.166. The van der Waals surface area contributed by atoms with Gasteiger partial charge in [-0.15, -0.1) is 0 Å². The van der Waals surface area contributed by atoms with Gasteiger partial charge in [0.05, 0.1) is 5.92 Å². The van der Waals surface area contributed by atoms with Crippen molar-refractivity contribution in [3.63, 3.8) is 0 Å². The molecule has 1 aromatic heterocycles. The lowest BCUT2D eigenvalue weighted by atomic mass is 9.66. The third kappa shape index (κ3) is 3.26. The number of ketones is 1. The maximum absolute atomic E-state index is 13.7. The molecule has 1 aromatic carbocycles. The van der Waals surface area contributed by atoms with Crippen LogP contribution in [0.3, 0.4) is 0 Å². The first kappa shape index (κ1) is 20.8. The SMILES string of the molecule is CC(C)C[C@@H]1CCC2(C(=O)c3cc(-c4ccc(F)cc4)on3)[C@H](CC(C)C)C(=O)N12. The molecular weight excluding hydrogens is 383 g/mol. The van der Waals surface area contributed by atoms with Gasteiger partial charge in [0.1, 0.15) is 11.4 Å². The highest BCUT2D eigenvalue weighted by molar-refractivity contribution is 6.11. The van der Waals surface area contributed by atoms with Crippen LogP contribution in [0.25, 0.3) is 11.3 Å². The molecule has 0 N–H and O–H groups in total. The van der Waals surface area contributed by atoms with Gasteiger partial charge in [0.15, 0.2) is 11.5 Å². The van der Waals surface area contributed by atoms with Crippen LogP contribution < -0.4 is 0 Å². The van der Waals surface area contributed by atoms with Crippen LogP contribution in [-0.4, -0.2) is 33.3 Å². The summed E-state index contributed by atoms with van der Waals surface area (Å²) in [7, 11) is 0. The number of benzene rings is 1. The second-order valence-electron chi connectivity index (χ2n) is 9.55. The maximum atomic E-state index is 13.7. The van der Waals surface area contributed by atoms with Crippen molar-refractivity contribution in [2.45, 2.75) is 65.0 Å². The van der Waals surface area contributed by atoms with E-state index < -0.39 is 5.54 Å². The first-order valence-corrected chi connectivity index (χ1v) is 10.8. The van der Waals surface area contributed by atoms with E-state index in [1.54, 1.807) is 18.2 Å². The Bertz CT molecular complexity index is 950. The molecule has 2 aliphatic rings. The Morgan fingerprint density at radius 1 is 1.20 bits per heavy atom. The second kappa shape index (κ2) is 7.64. The second-order valence-corrected chi connectivity index (χ2v) is 9.55. The van der Waals surface area contributed by atoms with Gasteiger partial charge in [0, 0.05) is 17.7 Å². The summed E-state index contributed by atoms with van der Waals surface area (Å²) in [5.41, 5.74) is 0.0910. The molecule has 160 valence electrons. The fourth-order valence-corrected chi connectivity index (χ4v) is 5.26. The van der Waals surface area contributed by atoms with Crippen molar-refractivity contribution in [1.29, 1.82) is 0 Å². The lowest BCUT2D eigenvalue weighted by Gasteiger charge is -2.55. The van der Waals surface area contributed by atoms with Crippen LogP contribution in [0.4, 0.5) is 4.39 Å². The van der Waals surface area contributed by atoms with Crippen LogP contribution in [0, 0.1) is 23.6 Å². The number of hydrogen-bond acceptors (Lipinski definition) is 4. The summed E-state index contributed by atoms with van der Waals surface area (Å²) in [6.07, 6.45) is 3.10. The van der Waals surface area contributed by atoms with Gasteiger partial charge in [-0.1, -0.05) is 32.9 Å². The van der Waals surface area contributed by atoms with Crippen LogP contribution in [0.5, 0.6) is 0 Å². The Labute approximate surface area is 176 Å². The third-order valence-corrected chi connectivity index (χ3v) is 6.48. The molecule has 0 saturated carbocycles. The van der Waals surface area contributed by atoms with Crippen molar-refractivity contribution < 1.29 is 18.5 Å². The van der Waals surface area contributed by atoms with E-state index in [-0.39, 0.29) is 35.2 Å². The zero-order chi connectivity index (χ0) is 21.6. The Morgan fingerprint density at radius 2 is 1.87 bits per heavy atom. The minimum absolute atomic E-state index is 0.0995. The number of nitrogens with zero attached hydrogens (tertiary/aromatic N) is 2. The molecule has 1 amide bonds. The van der Waals surface area contributed by atoms with Crippen LogP contribution in [0.1, 0.15) is 63.9 Å². The summed E-state index contributed by atoms with van der Waals surface area (Å²) in [5.74, 6) is 0.531. The van der Waals surface area contributed by atoms with Crippen molar-refractivity contribution in [3.05, 3.63) is 41.8 Å². The number of β-lactam (4-membered cyclic amide) rings is 1. The van der Waals surface area contributed by atoms with Gasteiger partial charge in [-0.25, -0.2) is 4.39 Å². The Hall–Kier alpha value is -2.50. The number of halogens is 1. The van der Waals surface area contributed by atoms with Crippen molar-refractivity contribution in [2.24, 2.45) is 17.8 Å². The average Bonchev–Trinajstić information content (AvgIpc) is 3.29. The molecule has 4 rings (SSSR count). The van der Waals surface area contributed by atoms with E-state index >= 15 is 0 Å². The molecule has 0 radical (unpaired) electrons. The van der Waals surface area contributed by atoms with E-state index in [2.05, 4.69) is 32.9 Å². The standard InChI is InChI=1S/C24H29FN2O3/c1-14(2)11-18-9-10-24(19(12-15(3)4)23(29)27(18)24)22(28)20-13-21(30-26-20)16-5-7-17(25)8-6-16/h5-8,13-15,18-19H,9-12H2,1-4H3/t18-,19+,24?/m0/s1. The number of amides is 1. The van der Waals surface area contributed by atoms with Crippen molar-refractivity contribution >= 4 is 11.7 Å². The zero-order valence-electron chi connectivity index (χ0n) is 18.0. The van der Waals surface area contributed by atoms with Gasteiger partial charge in [0.2, 0.25) is 11.7 Å². The van der Waals surface area contributed by atoms with Gasteiger partial charge in [-0.05, 0) is 61.8 Å². The van der Waals surface area contributed by atoms with Gasteiger partial charge >= 0.3 is 0 Å². The van der Waals surface area contributed by atoms with Crippen LogP contribution in [0.2, 0.25) is 0 Å². The molecule has 2 aromatic rings. The van der Waals surface area contributed by atoms with Crippen LogP contribution in [0.15, 0.2) is 34.9 Å². The van der Waals surface area contributed by atoms with E-state index in [1.165, 1.54) is 12.1 Å². The molecular formula is C24H29FN2O3. The molecule has 3 atom stereocenters. The number of aromatic nitrogens is 1. The van der Waals surface area contributed by atoms with Crippen molar-refractivity contribution in [3.8, 4) is 11.3 Å². The van der Waals surface area contributed by atoms with Gasteiger partial charge in [-0.3, -0.25) is 9.59 Å². The predicted octanol–water partition coefficient (Wildman–Crippen LogP) is 5.12. The summed E-state index contributed by atoms with van der Waals surface area (Å²) in [6.45, 7) is 8.45. The molecule has 0 spiro atoms. The minimum Gasteiger partial charge on any atom is -0.356 e. The summed E-state index contributed by atoms with van der Waals surface area (Å²) >= 11 is 0. The van der Waals surface area contributed by atoms with Crippen LogP contribution in [-0.2, 0) is 4.79 Å². The summed E-state index contributed by atoms with van der Waals surface area (Å²) < 4.78 is 18.6. The summed E-state index contributed by atoms with van der Waals surface area (Å²) in [5, 5.41) is 4.04. The highest BCUT2D eigenvalue weighted by Gasteiger charge is 2.68. The normalized spacial score (nSPS) is 25.7. The van der Waals surface area contributed by atoms with Crippen LogP contribution >= 0.6 is 0 Å². The Kier molecular flexibility index (Phi) is 5.28. The van der Waals surface area contributed by atoms with E-state index in [0.29, 0.717) is 36.0 Å². The number of Topliss-reactive ketones (excluding diaryl/α,β-unsaturated/α-hetero) is 1. The molecule has 0 bridgehead atoms. The summed E-state index contributed by atoms with van der Waals surface area (Å²) in [4.78, 5) is 28.6. The lowest BCUT2D eigenvalue weighted by Crippen LogP contribution is -2.73. The van der Waals surface area contributed by atoms with Gasteiger partial charge in [-0.2, -0.15) is 0 Å².